The van der Waals surface area contributed by atoms with Crippen LogP contribution in [-0.2, 0) is 18.8 Å². The van der Waals surface area contributed by atoms with Crippen LogP contribution in [0, 0.1) is 3.57 Å². The monoisotopic (exact) mass is 403 g/mol. The summed E-state index contributed by atoms with van der Waals surface area (Å²) in [7, 11) is 0. The Labute approximate surface area is 133 Å². The number of rotatable bonds is 4. The zero-order valence-corrected chi connectivity index (χ0v) is 13.7. The topological polar surface area (TPSA) is 30.7 Å². The van der Waals surface area contributed by atoms with Crippen molar-refractivity contribution in [2.75, 3.05) is 0 Å². The van der Waals surface area contributed by atoms with Crippen molar-refractivity contribution in [3.8, 4) is 0 Å². The summed E-state index contributed by atoms with van der Waals surface area (Å²) in [6, 6.07) is 6.30. The van der Waals surface area contributed by atoms with Gasteiger partial charge in [0, 0.05) is 21.9 Å². The van der Waals surface area contributed by atoms with Crippen LogP contribution in [0.2, 0.25) is 0 Å². The van der Waals surface area contributed by atoms with Crippen molar-refractivity contribution in [2.24, 2.45) is 0 Å². The third kappa shape index (κ3) is 2.78. The van der Waals surface area contributed by atoms with Gasteiger partial charge in [-0.1, -0.05) is 0 Å². The van der Waals surface area contributed by atoms with Crippen molar-refractivity contribution in [3.05, 3.63) is 44.2 Å². The zero-order chi connectivity index (χ0) is 13.2. The standard InChI is InChI=1S/C13H11ClIN3S/c14-6-13-17-11-5-9(15)1-2-12(11)18(13)4-3-10-7-19-8-16-10/h1-2,5,7-8H,3-4,6H2. The van der Waals surface area contributed by atoms with Crippen LogP contribution in [-0.4, -0.2) is 14.5 Å². The highest BCUT2D eigenvalue weighted by atomic mass is 127. The highest BCUT2D eigenvalue weighted by molar-refractivity contribution is 14.1. The number of fused-ring (bicyclic) bond motifs is 1. The number of aromatic nitrogens is 3. The summed E-state index contributed by atoms with van der Waals surface area (Å²) in [5, 5.41) is 2.09. The van der Waals surface area contributed by atoms with Gasteiger partial charge in [0.05, 0.1) is 28.1 Å². The Morgan fingerprint density at radius 2 is 2.26 bits per heavy atom. The Bertz CT molecular complexity index is 693. The van der Waals surface area contributed by atoms with E-state index in [0.717, 1.165) is 35.5 Å². The Morgan fingerprint density at radius 1 is 1.37 bits per heavy atom. The smallest absolute Gasteiger partial charge is 0.124 e. The molecular weight excluding hydrogens is 393 g/mol. The normalized spacial score (nSPS) is 11.3. The fourth-order valence-corrected chi connectivity index (χ4v) is 3.36. The molecule has 0 saturated heterocycles. The molecule has 0 bridgehead atoms. The van der Waals surface area contributed by atoms with Gasteiger partial charge in [0.2, 0.25) is 0 Å². The minimum absolute atomic E-state index is 0.433. The number of thiazole rings is 1. The first-order chi connectivity index (χ1) is 9.28. The summed E-state index contributed by atoms with van der Waals surface area (Å²) in [6.45, 7) is 0.864. The molecule has 0 amide bonds. The Balaban J connectivity index is 1.96. The SMILES string of the molecule is ClCc1nc2cc(I)ccc2n1CCc1cscn1. The van der Waals surface area contributed by atoms with Crippen LogP contribution in [0.3, 0.4) is 0 Å². The average Bonchev–Trinajstić information content (AvgIpc) is 3.02. The van der Waals surface area contributed by atoms with E-state index in [1.54, 1.807) is 11.3 Å². The van der Waals surface area contributed by atoms with Crippen LogP contribution in [0.25, 0.3) is 11.0 Å². The van der Waals surface area contributed by atoms with Gasteiger partial charge in [0.1, 0.15) is 5.82 Å². The maximum atomic E-state index is 6.01. The van der Waals surface area contributed by atoms with E-state index in [9.17, 15) is 0 Å². The van der Waals surface area contributed by atoms with Gasteiger partial charge in [0.15, 0.2) is 0 Å². The van der Waals surface area contributed by atoms with Crippen LogP contribution in [0.15, 0.2) is 29.1 Å². The molecule has 3 aromatic rings. The van der Waals surface area contributed by atoms with Crippen LogP contribution in [0.4, 0.5) is 0 Å². The molecule has 98 valence electrons. The van der Waals surface area contributed by atoms with Crippen LogP contribution < -0.4 is 0 Å². The Hall–Kier alpha value is -0.660. The van der Waals surface area contributed by atoms with E-state index in [1.165, 1.54) is 3.57 Å². The van der Waals surface area contributed by atoms with E-state index in [1.807, 2.05) is 5.51 Å². The van der Waals surface area contributed by atoms with Crippen LogP contribution in [0.5, 0.6) is 0 Å². The van der Waals surface area contributed by atoms with Gasteiger partial charge in [-0.3, -0.25) is 0 Å². The fraction of sp³-hybridized carbons (Fsp3) is 0.231. The first-order valence-corrected chi connectivity index (χ1v) is 8.41. The summed E-state index contributed by atoms with van der Waals surface area (Å²) in [6.07, 6.45) is 0.908. The Kier molecular flexibility index (Phi) is 4.04. The van der Waals surface area contributed by atoms with E-state index >= 15 is 0 Å². The quantitative estimate of drug-likeness (QED) is 0.485. The average molecular weight is 404 g/mol. The van der Waals surface area contributed by atoms with Crippen molar-refractivity contribution in [1.82, 2.24) is 14.5 Å². The van der Waals surface area contributed by atoms with Crippen molar-refractivity contribution in [3.63, 3.8) is 0 Å². The lowest BCUT2D eigenvalue weighted by molar-refractivity contribution is 0.680. The summed E-state index contributed by atoms with van der Waals surface area (Å²) in [5.41, 5.74) is 5.15. The number of imidazole rings is 1. The van der Waals surface area contributed by atoms with Crippen molar-refractivity contribution in [1.29, 1.82) is 0 Å². The molecular formula is C13H11ClIN3S. The van der Waals surface area contributed by atoms with E-state index in [-0.39, 0.29) is 0 Å². The molecule has 19 heavy (non-hydrogen) atoms. The number of alkyl halides is 1. The highest BCUT2D eigenvalue weighted by Crippen LogP contribution is 2.20. The molecule has 0 unspecified atom stereocenters. The first kappa shape index (κ1) is 13.3. The number of halogens is 2. The summed E-state index contributed by atoms with van der Waals surface area (Å²) in [4.78, 5) is 8.92. The predicted molar refractivity (Wildman–Crippen MR) is 87.8 cm³/mol. The summed E-state index contributed by atoms with van der Waals surface area (Å²) < 4.78 is 3.38. The van der Waals surface area contributed by atoms with Crippen LogP contribution in [0.1, 0.15) is 11.5 Å². The largest absolute Gasteiger partial charge is 0.327 e. The number of hydrogen-bond acceptors (Lipinski definition) is 3. The molecule has 0 fully saturated rings. The molecule has 0 atom stereocenters. The molecule has 0 aliphatic rings. The number of benzene rings is 1. The molecule has 3 rings (SSSR count). The molecule has 2 heterocycles. The third-order valence-corrected chi connectivity index (χ3v) is 4.53. The second kappa shape index (κ2) is 5.76. The molecule has 0 aliphatic carbocycles. The molecule has 3 nitrogen and oxygen atoms in total. The predicted octanol–water partition coefficient (Wildman–Crippen LogP) is 4.08. The van der Waals surface area contributed by atoms with Crippen molar-refractivity contribution in [2.45, 2.75) is 18.8 Å². The molecule has 0 aliphatic heterocycles. The zero-order valence-electron chi connectivity index (χ0n) is 10.0. The molecule has 1 aromatic carbocycles. The minimum Gasteiger partial charge on any atom is -0.327 e. The lowest BCUT2D eigenvalue weighted by atomic mass is 10.3. The second-order valence-electron chi connectivity index (χ2n) is 4.18. The van der Waals surface area contributed by atoms with Gasteiger partial charge in [-0.15, -0.1) is 22.9 Å². The highest BCUT2D eigenvalue weighted by Gasteiger charge is 2.10. The van der Waals surface area contributed by atoms with E-state index in [2.05, 4.69) is 60.7 Å². The van der Waals surface area contributed by atoms with E-state index in [4.69, 9.17) is 11.6 Å². The molecule has 0 radical (unpaired) electrons. The molecule has 0 spiro atoms. The Morgan fingerprint density at radius 3 is 3.00 bits per heavy atom. The van der Waals surface area contributed by atoms with Gasteiger partial charge in [-0.05, 0) is 40.8 Å². The van der Waals surface area contributed by atoms with E-state index < -0.39 is 0 Å². The second-order valence-corrected chi connectivity index (χ2v) is 6.41. The number of nitrogens with zero attached hydrogens (tertiary/aromatic N) is 3. The van der Waals surface area contributed by atoms with Crippen LogP contribution >= 0.6 is 45.5 Å². The molecule has 6 heteroatoms. The third-order valence-electron chi connectivity index (χ3n) is 2.98. The minimum atomic E-state index is 0.433. The molecule has 0 N–H and O–H groups in total. The van der Waals surface area contributed by atoms with Gasteiger partial charge < -0.3 is 4.57 Å². The lowest BCUT2D eigenvalue weighted by Gasteiger charge is -2.06. The molecule has 2 aromatic heterocycles. The van der Waals surface area contributed by atoms with E-state index in [0.29, 0.717) is 5.88 Å². The lowest BCUT2D eigenvalue weighted by Crippen LogP contribution is -2.05. The van der Waals surface area contributed by atoms with Gasteiger partial charge in [-0.2, -0.15) is 0 Å². The van der Waals surface area contributed by atoms with Gasteiger partial charge in [-0.25, -0.2) is 9.97 Å². The summed E-state index contributed by atoms with van der Waals surface area (Å²) >= 11 is 9.93. The maximum absolute atomic E-state index is 6.01. The van der Waals surface area contributed by atoms with Gasteiger partial charge in [0.25, 0.3) is 0 Å². The number of hydrogen-bond donors (Lipinski definition) is 0. The fourth-order valence-electron chi connectivity index (χ4n) is 2.09. The van der Waals surface area contributed by atoms with Crippen molar-refractivity contribution >= 4 is 56.6 Å². The van der Waals surface area contributed by atoms with Crippen molar-refractivity contribution < 1.29 is 0 Å². The summed E-state index contributed by atoms with van der Waals surface area (Å²) in [5.74, 6) is 1.36. The number of aryl methyl sites for hydroxylation is 2. The van der Waals surface area contributed by atoms with Gasteiger partial charge >= 0.3 is 0 Å². The first-order valence-electron chi connectivity index (χ1n) is 5.85. The molecule has 0 saturated carbocycles. The maximum Gasteiger partial charge on any atom is 0.124 e.